The van der Waals surface area contributed by atoms with Gasteiger partial charge in [-0.25, -0.2) is 0 Å². The second kappa shape index (κ2) is 11.4. The molecule has 0 aliphatic carbocycles. The first kappa shape index (κ1) is 26.8. The first-order chi connectivity index (χ1) is 13.2. The Morgan fingerprint density at radius 1 is 1.00 bits per heavy atom. The summed E-state index contributed by atoms with van der Waals surface area (Å²) < 4.78 is 18.4. The molecule has 0 N–H and O–H groups in total. The van der Waals surface area contributed by atoms with E-state index < -0.39 is 16.4 Å². The molecule has 1 heterocycles. The molecule has 1 unspecified atom stereocenters. The van der Waals surface area contributed by atoms with Gasteiger partial charge in [0.05, 0.1) is 20.8 Å². The van der Waals surface area contributed by atoms with E-state index in [0.717, 1.165) is 19.4 Å². The van der Waals surface area contributed by atoms with Crippen molar-refractivity contribution < 1.29 is 13.9 Å². The SMILES string of the molecule is C[C@H](/C=C/[C@@H](C)[C@@H](/C=C/[Si](C)(C)C)O[Si](C)(C)C(C)(C)C)COC1CCCCO1. The highest BCUT2D eigenvalue weighted by molar-refractivity contribution is 6.81. The highest BCUT2D eigenvalue weighted by atomic mass is 28.4. The highest BCUT2D eigenvalue weighted by Gasteiger charge is 2.39. The van der Waals surface area contributed by atoms with Crippen molar-refractivity contribution >= 4 is 16.4 Å². The van der Waals surface area contributed by atoms with Crippen LogP contribution >= 0.6 is 0 Å². The van der Waals surface area contributed by atoms with Crippen molar-refractivity contribution in [3.63, 3.8) is 0 Å². The molecule has 0 radical (unpaired) electrons. The molecule has 1 aliphatic heterocycles. The van der Waals surface area contributed by atoms with Crippen LogP contribution in [0.4, 0.5) is 0 Å². The summed E-state index contributed by atoms with van der Waals surface area (Å²) in [5, 5.41) is 0.211. The summed E-state index contributed by atoms with van der Waals surface area (Å²) >= 11 is 0. The molecule has 29 heavy (non-hydrogen) atoms. The third kappa shape index (κ3) is 10.6. The molecule has 0 spiro atoms. The second-order valence-corrected chi connectivity index (χ2v) is 21.2. The van der Waals surface area contributed by atoms with Crippen LogP contribution in [0.2, 0.25) is 37.8 Å². The quantitative estimate of drug-likeness (QED) is 0.266. The van der Waals surface area contributed by atoms with Crippen molar-refractivity contribution in [2.75, 3.05) is 13.2 Å². The summed E-state index contributed by atoms with van der Waals surface area (Å²) in [4.78, 5) is 0. The van der Waals surface area contributed by atoms with Gasteiger partial charge in [0.2, 0.25) is 0 Å². The van der Waals surface area contributed by atoms with Crippen LogP contribution in [0.3, 0.4) is 0 Å². The smallest absolute Gasteiger partial charge is 0.192 e. The van der Waals surface area contributed by atoms with Gasteiger partial charge >= 0.3 is 0 Å². The Bertz CT molecular complexity index is 523. The number of hydrogen-bond acceptors (Lipinski definition) is 3. The van der Waals surface area contributed by atoms with E-state index in [0.29, 0.717) is 18.4 Å². The van der Waals surface area contributed by atoms with Gasteiger partial charge in [-0.05, 0) is 43.3 Å². The minimum absolute atomic E-state index is 0.00799. The molecule has 170 valence electrons. The van der Waals surface area contributed by atoms with E-state index in [1.165, 1.54) is 6.42 Å². The molecule has 1 fully saturated rings. The van der Waals surface area contributed by atoms with Crippen LogP contribution in [0.5, 0.6) is 0 Å². The normalized spacial score (nSPS) is 22.9. The Balaban J connectivity index is 2.74. The van der Waals surface area contributed by atoms with Crippen molar-refractivity contribution in [2.45, 2.75) is 104 Å². The van der Waals surface area contributed by atoms with Gasteiger partial charge in [-0.2, -0.15) is 0 Å². The maximum atomic E-state index is 6.82. The fourth-order valence-electron chi connectivity index (χ4n) is 2.85. The van der Waals surface area contributed by atoms with Crippen molar-refractivity contribution in [3.8, 4) is 0 Å². The number of rotatable bonds is 10. The molecule has 0 aromatic carbocycles. The Kier molecular flexibility index (Phi) is 10.6. The Labute approximate surface area is 183 Å². The monoisotopic (exact) mass is 440 g/mol. The topological polar surface area (TPSA) is 27.7 Å². The zero-order valence-corrected chi connectivity index (χ0v) is 22.9. The molecule has 0 aromatic heterocycles. The molecular weight excluding hydrogens is 392 g/mol. The lowest BCUT2D eigenvalue weighted by atomic mass is 10.0. The van der Waals surface area contributed by atoms with Crippen LogP contribution in [-0.4, -0.2) is 42.0 Å². The second-order valence-electron chi connectivity index (χ2n) is 11.4. The van der Waals surface area contributed by atoms with Gasteiger partial charge in [0, 0.05) is 12.5 Å². The molecule has 3 nitrogen and oxygen atoms in total. The predicted octanol–water partition coefficient (Wildman–Crippen LogP) is 7.18. The van der Waals surface area contributed by atoms with Crippen LogP contribution < -0.4 is 0 Å². The van der Waals surface area contributed by atoms with E-state index in [1.54, 1.807) is 0 Å². The first-order valence-corrected chi connectivity index (χ1v) is 18.0. The lowest BCUT2D eigenvalue weighted by molar-refractivity contribution is -0.166. The first-order valence-electron chi connectivity index (χ1n) is 11.5. The van der Waals surface area contributed by atoms with Gasteiger partial charge in [-0.15, -0.1) is 0 Å². The minimum Gasteiger partial charge on any atom is -0.410 e. The number of ether oxygens (including phenoxy) is 2. The largest absolute Gasteiger partial charge is 0.410 e. The van der Waals surface area contributed by atoms with E-state index >= 15 is 0 Å². The molecule has 0 saturated carbocycles. The van der Waals surface area contributed by atoms with Crippen molar-refractivity contribution in [2.24, 2.45) is 11.8 Å². The molecule has 5 heteroatoms. The predicted molar refractivity (Wildman–Crippen MR) is 132 cm³/mol. The molecule has 1 saturated heterocycles. The lowest BCUT2D eigenvalue weighted by Crippen LogP contribution is -2.45. The summed E-state index contributed by atoms with van der Waals surface area (Å²) in [7, 11) is -3.10. The van der Waals surface area contributed by atoms with Crippen LogP contribution in [0.1, 0.15) is 53.9 Å². The van der Waals surface area contributed by atoms with Gasteiger partial charge in [-0.1, -0.05) is 78.2 Å². The van der Waals surface area contributed by atoms with E-state index in [2.05, 4.69) is 91.3 Å². The zero-order chi connectivity index (χ0) is 22.3. The minimum atomic E-state index is -1.83. The van der Waals surface area contributed by atoms with Crippen LogP contribution in [0.15, 0.2) is 23.9 Å². The fourth-order valence-corrected chi connectivity index (χ4v) is 4.95. The molecular formula is C24H48O3Si2. The molecule has 1 rings (SSSR count). The van der Waals surface area contributed by atoms with Gasteiger partial charge in [0.15, 0.2) is 14.6 Å². The summed E-state index contributed by atoms with van der Waals surface area (Å²) in [5.41, 5.74) is 2.43. The van der Waals surface area contributed by atoms with E-state index in [9.17, 15) is 0 Å². The molecule has 0 aromatic rings. The standard InChI is InChI=1S/C24H48O3Si2/c1-20(19-26-23-13-11-12-17-25-23)14-15-21(2)22(16-18-28(6,7)8)27-29(9,10)24(3,4)5/h14-16,18,20-23H,11-13,17,19H2,1-10H3/b15-14+,18-16+/t20-,21-,22-,23?/m1/s1. The molecule has 4 atom stereocenters. The van der Waals surface area contributed by atoms with Crippen molar-refractivity contribution in [3.05, 3.63) is 23.9 Å². The van der Waals surface area contributed by atoms with Gasteiger partial charge < -0.3 is 13.9 Å². The van der Waals surface area contributed by atoms with Crippen LogP contribution in [-0.2, 0) is 13.9 Å². The average molecular weight is 441 g/mol. The molecule has 0 amide bonds. The van der Waals surface area contributed by atoms with E-state index in [-0.39, 0.29) is 17.4 Å². The average Bonchev–Trinajstić information content (AvgIpc) is 2.60. The summed E-state index contributed by atoms with van der Waals surface area (Å²) in [6.07, 6.45) is 10.5. The summed E-state index contributed by atoms with van der Waals surface area (Å²) in [6, 6.07) is 0. The number of hydrogen-bond donors (Lipinski definition) is 0. The van der Waals surface area contributed by atoms with E-state index in [4.69, 9.17) is 13.9 Å². The summed E-state index contributed by atoms with van der Waals surface area (Å²) in [5.74, 6) is 0.711. The highest BCUT2D eigenvalue weighted by Crippen LogP contribution is 2.38. The summed E-state index contributed by atoms with van der Waals surface area (Å²) in [6.45, 7) is 24.8. The van der Waals surface area contributed by atoms with Gasteiger partial charge in [0.1, 0.15) is 0 Å². The molecule has 1 aliphatic rings. The zero-order valence-electron chi connectivity index (χ0n) is 20.9. The molecule has 0 bridgehead atoms. The Morgan fingerprint density at radius 3 is 2.17 bits per heavy atom. The Hall–Kier alpha value is -0.206. The lowest BCUT2D eigenvalue weighted by Gasteiger charge is -2.40. The van der Waals surface area contributed by atoms with Crippen LogP contribution in [0.25, 0.3) is 0 Å². The Morgan fingerprint density at radius 2 is 1.66 bits per heavy atom. The van der Waals surface area contributed by atoms with Crippen molar-refractivity contribution in [1.29, 1.82) is 0 Å². The maximum absolute atomic E-state index is 6.82. The van der Waals surface area contributed by atoms with Gasteiger partial charge in [0.25, 0.3) is 0 Å². The third-order valence-corrected chi connectivity index (χ3v) is 11.6. The van der Waals surface area contributed by atoms with Gasteiger partial charge in [-0.3, -0.25) is 0 Å². The van der Waals surface area contributed by atoms with E-state index in [1.807, 2.05) is 0 Å². The fraction of sp³-hybridized carbons (Fsp3) is 0.833. The maximum Gasteiger partial charge on any atom is 0.192 e. The van der Waals surface area contributed by atoms with Crippen molar-refractivity contribution in [1.82, 2.24) is 0 Å². The van der Waals surface area contributed by atoms with Crippen LogP contribution in [0, 0.1) is 11.8 Å². The third-order valence-electron chi connectivity index (χ3n) is 5.97.